The van der Waals surface area contributed by atoms with E-state index in [0.29, 0.717) is 6.54 Å². The summed E-state index contributed by atoms with van der Waals surface area (Å²) in [4.78, 5) is 2.58. The van der Waals surface area contributed by atoms with Crippen molar-refractivity contribution in [3.05, 3.63) is 33.8 Å². The summed E-state index contributed by atoms with van der Waals surface area (Å²) in [6.45, 7) is 6.46. The second-order valence-electron chi connectivity index (χ2n) is 5.28. The summed E-state index contributed by atoms with van der Waals surface area (Å²) in [6.07, 6.45) is 4.06. The fourth-order valence-corrected chi connectivity index (χ4v) is 3.27. The molecule has 0 saturated carbocycles. The third kappa shape index (κ3) is 3.56. The lowest BCUT2D eigenvalue weighted by Crippen LogP contribution is -2.34. The van der Waals surface area contributed by atoms with Crippen LogP contribution < -0.4 is 5.73 Å². The molecule has 1 fully saturated rings. The minimum Gasteiger partial charge on any atom is -0.326 e. The number of halogens is 1. The summed E-state index contributed by atoms with van der Waals surface area (Å²) >= 11 is 3.66. The molecule has 1 aromatic carbocycles. The molecular weight excluding hydrogens is 288 g/mol. The number of piperidine rings is 1. The monoisotopic (exact) mass is 310 g/mol. The third-order valence-corrected chi connectivity index (χ3v) is 4.67. The van der Waals surface area contributed by atoms with Crippen molar-refractivity contribution >= 4 is 15.9 Å². The lowest BCUT2D eigenvalue weighted by Gasteiger charge is -2.32. The summed E-state index contributed by atoms with van der Waals surface area (Å²) in [5.41, 5.74) is 8.23. The second-order valence-corrected chi connectivity index (χ2v) is 6.14. The van der Waals surface area contributed by atoms with Crippen molar-refractivity contribution in [1.29, 1.82) is 0 Å². The first kappa shape index (κ1) is 14.0. The lowest BCUT2D eigenvalue weighted by atomic mass is 9.95. The van der Waals surface area contributed by atoms with E-state index in [1.54, 1.807) is 0 Å². The lowest BCUT2D eigenvalue weighted by molar-refractivity contribution is 0.164. The highest BCUT2D eigenvalue weighted by Gasteiger charge is 2.18. The first-order valence-electron chi connectivity index (χ1n) is 6.92. The Morgan fingerprint density at radius 3 is 2.94 bits per heavy atom. The highest BCUT2D eigenvalue weighted by Crippen LogP contribution is 2.24. The number of nitrogens with two attached hydrogens (primary N) is 1. The van der Waals surface area contributed by atoms with Crippen LogP contribution in [-0.2, 0) is 13.1 Å². The Bertz CT molecular complexity index is 392. The topological polar surface area (TPSA) is 29.3 Å². The van der Waals surface area contributed by atoms with Gasteiger partial charge in [0.15, 0.2) is 0 Å². The first-order chi connectivity index (χ1) is 8.72. The third-order valence-electron chi connectivity index (χ3n) is 3.93. The Morgan fingerprint density at radius 2 is 2.28 bits per heavy atom. The molecule has 1 heterocycles. The molecular formula is C15H23BrN2. The molecule has 0 bridgehead atoms. The molecule has 0 aliphatic carbocycles. The van der Waals surface area contributed by atoms with Gasteiger partial charge in [0, 0.05) is 24.1 Å². The van der Waals surface area contributed by atoms with Gasteiger partial charge < -0.3 is 5.73 Å². The van der Waals surface area contributed by atoms with E-state index in [1.807, 2.05) is 0 Å². The summed E-state index contributed by atoms with van der Waals surface area (Å²) in [6, 6.07) is 6.50. The number of rotatable bonds is 4. The minimum atomic E-state index is 0.612. The van der Waals surface area contributed by atoms with Crippen LogP contribution in [-0.4, -0.2) is 18.0 Å². The SMILES string of the molecule is CCC1CCCN(Cc2ccc(CN)cc2Br)C1. The van der Waals surface area contributed by atoms with Gasteiger partial charge in [-0.15, -0.1) is 0 Å². The van der Waals surface area contributed by atoms with Crippen molar-refractivity contribution in [3.63, 3.8) is 0 Å². The minimum absolute atomic E-state index is 0.612. The van der Waals surface area contributed by atoms with Crippen LogP contribution in [0, 0.1) is 5.92 Å². The fraction of sp³-hybridized carbons (Fsp3) is 0.600. The van der Waals surface area contributed by atoms with Gasteiger partial charge in [-0.1, -0.05) is 41.4 Å². The van der Waals surface area contributed by atoms with E-state index >= 15 is 0 Å². The zero-order valence-electron chi connectivity index (χ0n) is 11.2. The predicted octanol–water partition coefficient (Wildman–Crippen LogP) is 3.53. The predicted molar refractivity (Wildman–Crippen MR) is 80.3 cm³/mol. The van der Waals surface area contributed by atoms with Crippen molar-refractivity contribution in [3.8, 4) is 0 Å². The molecule has 3 heteroatoms. The van der Waals surface area contributed by atoms with Crippen LogP contribution >= 0.6 is 15.9 Å². The van der Waals surface area contributed by atoms with Gasteiger partial charge in [-0.3, -0.25) is 4.90 Å². The van der Waals surface area contributed by atoms with Gasteiger partial charge in [0.2, 0.25) is 0 Å². The highest BCUT2D eigenvalue weighted by molar-refractivity contribution is 9.10. The summed E-state index contributed by atoms with van der Waals surface area (Å²) in [7, 11) is 0. The number of likely N-dealkylation sites (tertiary alicyclic amines) is 1. The van der Waals surface area contributed by atoms with E-state index < -0.39 is 0 Å². The number of nitrogens with zero attached hydrogens (tertiary/aromatic N) is 1. The van der Waals surface area contributed by atoms with Crippen molar-refractivity contribution in [2.45, 2.75) is 39.3 Å². The van der Waals surface area contributed by atoms with E-state index in [-0.39, 0.29) is 0 Å². The summed E-state index contributed by atoms with van der Waals surface area (Å²) < 4.78 is 1.20. The highest BCUT2D eigenvalue weighted by atomic mass is 79.9. The standard InChI is InChI=1S/C15H23BrN2/c1-2-12-4-3-7-18(10-12)11-14-6-5-13(9-17)8-15(14)16/h5-6,8,12H,2-4,7,9-11,17H2,1H3. The van der Waals surface area contributed by atoms with Crippen LogP contribution in [0.1, 0.15) is 37.3 Å². The van der Waals surface area contributed by atoms with E-state index in [0.717, 1.165) is 12.5 Å². The van der Waals surface area contributed by atoms with Gasteiger partial charge in [-0.2, -0.15) is 0 Å². The molecule has 0 aromatic heterocycles. The molecule has 0 radical (unpaired) electrons. The van der Waals surface area contributed by atoms with E-state index in [4.69, 9.17) is 5.73 Å². The second kappa shape index (κ2) is 6.69. The molecule has 18 heavy (non-hydrogen) atoms. The molecule has 2 rings (SSSR count). The molecule has 1 aromatic rings. The van der Waals surface area contributed by atoms with Gasteiger partial charge in [0.1, 0.15) is 0 Å². The average Bonchev–Trinajstić information content (AvgIpc) is 2.41. The normalized spacial score (nSPS) is 21.2. The quantitative estimate of drug-likeness (QED) is 0.922. The van der Waals surface area contributed by atoms with Crippen LogP contribution in [0.5, 0.6) is 0 Å². The molecule has 2 nitrogen and oxygen atoms in total. The van der Waals surface area contributed by atoms with Crippen LogP contribution in [0.3, 0.4) is 0 Å². The van der Waals surface area contributed by atoms with Gasteiger partial charge in [-0.05, 0) is 42.5 Å². The molecule has 0 spiro atoms. The van der Waals surface area contributed by atoms with Crippen LogP contribution in [0.4, 0.5) is 0 Å². The van der Waals surface area contributed by atoms with Crippen molar-refractivity contribution in [2.75, 3.05) is 13.1 Å². The number of hydrogen-bond acceptors (Lipinski definition) is 2. The smallest absolute Gasteiger partial charge is 0.0245 e. The average molecular weight is 311 g/mol. The Balaban J connectivity index is 2.00. The maximum atomic E-state index is 5.66. The van der Waals surface area contributed by atoms with E-state index in [9.17, 15) is 0 Å². The van der Waals surface area contributed by atoms with Crippen molar-refractivity contribution in [2.24, 2.45) is 11.7 Å². The Hall–Kier alpha value is -0.380. The summed E-state index contributed by atoms with van der Waals surface area (Å²) in [5, 5.41) is 0. The van der Waals surface area contributed by atoms with E-state index in [2.05, 4.69) is 46.0 Å². The molecule has 1 aliphatic rings. The molecule has 1 aliphatic heterocycles. The number of hydrogen-bond donors (Lipinski definition) is 1. The first-order valence-corrected chi connectivity index (χ1v) is 7.72. The molecule has 1 atom stereocenters. The van der Waals surface area contributed by atoms with Crippen LogP contribution in [0.2, 0.25) is 0 Å². The van der Waals surface area contributed by atoms with Gasteiger partial charge in [-0.25, -0.2) is 0 Å². The zero-order valence-corrected chi connectivity index (χ0v) is 12.7. The van der Waals surface area contributed by atoms with Crippen molar-refractivity contribution < 1.29 is 0 Å². The maximum absolute atomic E-state index is 5.66. The largest absolute Gasteiger partial charge is 0.326 e. The molecule has 100 valence electrons. The Kier molecular flexibility index (Phi) is 5.22. The molecule has 1 unspecified atom stereocenters. The zero-order chi connectivity index (χ0) is 13.0. The van der Waals surface area contributed by atoms with Crippen molar-refractivity contribution in [1.82, 2.24) is 4.90 Å². The molecule has 1 saturated heterocycles. The maximum Gasteiger partial charge on any atom is 0.0245 e. The van der Waals surface area contributed by atoms with Gasteiger partial charge >= 0.3 is 0 Å². The number of benzene rings is 1. The molecule has 2 N–H and O–H groups in total. The fourth-order valence-electron chi connectivity index (χ4n) is 2.72. The van der Waals surface area contributed by atoms with Gasteiger partial charge in [0.05, 0.1) is 0 Å². The Morgan fingerprint density at radius 1 is 1.44 bits per heavy atom. The van der Waals surface area contributed by atoms with Crippen LogP contribution in [0.15, 0.2) is 22.7 Å². The van der Waals surface area contributed by atoms with E-state index in [1.165, 1.54) is 48.0 Å². The van der Waals surface area contributed by atoms with Crippen LogP contribution in [0.25, 0.3) is 0 Å². The summed E-state index contributed by atoms with van der Waals surface area (Å²) in [5.74, 6) is 0.890. The Labute approximate surface area is 119 Å². The molecule has 0 amide bonds. The van der Waals surface area contributed by atoms with Gasteiger partial charge in [0.25, 0.3) is 0 Å².